The van der Waals surface area contributed by atoms with Crippen molar-refractivity contribution in [2.45, 2.75) is 32.6 Å². The van der Waals surface area contributed by atoms with Crippen molar-refractivity contribution in [2.75, 3.05) is 37.6 Å². The van der Waals surface area contributed by atoms with Crippen molar-refractivity contribution >= 4 is 27.4 Å². The lowest BCUT2D eigenvalue weighted by atomic mass is 9.80. The molecule has 1 aliphatic heterocycles. The Bertz CT molecular complexity index is 645. The molecule has 1 unspecified atom stereocenters. The van der Waals surface area contributed by atoms with Crippen LogP contribution in [0.4, 0.5) is 5.82 Å². The largest absolute Gasteiger partial charge is 0.353 e. The maximum Gasteiger partial charge on any atom is 0.150 e. The number of nitrogens with zero attached hydrogens (tertiary/aromatic N) is 3. The zero-order chi connectivity index (χ0) is 15.6. The molecule has 23 heavy (non-hydrogen) atoms. The molecule has 1 aromatic heterocycles. The fourth-order valence-corrected chi connectivity index (χ4v) is 5.03. The molecule has 2 aliphatic rings. The molecule has 2 fully saturated rings. The topological polar surface area (TPSA) is 19.4 Å². The first kappa shape index (κ1) is 15.4. The van der Waals surface area contributed by atoms with Crippen LogP contribution in [0.1, 0.15) is 32.6 Å². The molecule has 2 heterocycles. The third kappa shape index (κ3) is 3.24. The maximum atomic E-state index is 4.72. The van der Waals surface area contributed by atoms with Crippen molar-refractivity contribution in [3.8, 4) is 0 Å². The fourth-order valence-electron chi connectivity index (χ4n) is 4.24. The second kappa shape index (κ2) is 6.78. The van der Waals surface area contributed by atoms with Crippen molar-refractivity contribution < 1.29 is 0 Å². The molecule has 1 saturated carbocycles. The zero-order valence-electron chi connectivity index (χ0n) is 14.1. The summed E-state index contributed by atoms with van der Waals surface area (Å²) in [5.41, 5.74) is 0. The van der Waals surface area contributed by atoms with Gasteiger partial charge in [-0.2, -0.15) is 4.37 Å². The van der Waals surface area contributed by atoms with E-state index in [0.29, 0.717) is 0 Å². The van der Waals surface area contributed by atoms with Gasteiger partial charge in [0.15, 0.2) is 0 Å². The maximum absolute atomic E-state index is 4.72. The second-order valence-corrected chi connectivity index (χ2v) is 8.12. The van der Waals surface area contributed by atoms with Crippen molar-refractivity contribution in [3.63, 3.8) is 0 Å². The smallest absolute Gasteiger partial charge is 0.150 e. The summed E-state index contributed by atoms with van der Waals surface area (Å²) in [6, 6.07) is 8.62. The molecular weight excluding hydrogens is 302 g/mol. The highest BCUT2D eigenvalue weighted by atomic mass is 32.1. The summed E-state index contributed by atoms with van der Waals surface area (Å²) >= 11 is 1.63. The Hall–Kier alpha value is -1.13. The van der Waals surface area contributed by atoms with Crippen LogP contribution < -0.4 is 4.90 Å². The number of piperazine rings is 1. The number of anilines is 1. The molecule has 4 rings (SSSR count). The molecule has 3 nitrogen and oxygen atoms in total. The molecule has 0 amide bonds. The molecule has 0 radical (unpaired) electrons. The van der Waals surface area contributed by atoms with Gasteiger partial charge >= 0.3 is 0 Å². The lowest BCUT2D eigenvalue weighted by Crippen LogP contribution is -2.48. The fraction of sp³-hybridized carbons (Fsp3) is 0.632. The molecule has 4 heteroatoms. The van der Waals surface area contributed by atoms with E-state index in [1.807, 2.05) is 0 Å². The SMILES string of the molecule is CC1CCCC[C@H]1CN1CCN(c2nsc3ccccc23)CC1. The molecule has 124 valence electrons. The monoisotopic (exact) mass is 329 g/mol. The van der Waals surface area contributed by atoms with Gasteiger partial charge in [0.2, 0.25) is 0 Å². The van der Waals surface area contributed by atoms with Gasteiger partial charge in [-0.25, -0.2) is 0 Å². The van der Waals surface area contributed by atoms with Gasteiger partial charge in [0.05, 0.1) is 4.70 Å². The Morgan fingerprint density at radius 2 is 1.87 bits per heavy atom. The molecule has 0 bridgehead atoms. The summed E-state index contributed by atoms with van der Waals surface area (Å²) in [6.45, 7) is 8.39. The minimum atomic E-state index is 0.921. The standard InChI is InChI=1S/C19H27N3S/c1-15-6-2-3-7-16(15)14-21-10-12-22(13-11-21)19-17-8-4-5-9-18(17)23-20-19/h4-5,8-9,15-16H,2-3,6-7,10-14H2,1H3/t15?,16-/m0/s1. The van der Waals surface area contributed by atoms with Gasteiger partial charge in [0, 0.05) is 38.1 Å². The van der Waals surface area contributed by atoms with E-state index in [2.05, 4.69) is 41.0 Å². The highest BCUT2D eigenvalue weighted by Gasteiger charge is 2.26. The summed E-state index contributed by atoms with van der Waals surface area (Å²) in [5, 5.41) is 1.33. The van der Waals surface area contributed by atoms with Crippen LogP contribution >= 0.6 is 11.5 Å². The zero-order valence-corrected chi connectivity index (χ0v) is 14.9. The van der Waals surface area contributed by atoms with E-state index < -0.39 is 0 Å². The molecule has 1 aromatic carbocycles. The number of rotatable bonds is 3. The van der Waals surface area contributed by atoms with Gasteiger partial charge in [-0.15, -0.1) is 0 Å². The Morgan fingerprint density at radius 1 is 1.09 bits per heavy atom. The van der Waals surface area contributed by atoms with E-state index in [0.717, 1.165) is 24.9 Å². The Kier molecular flexibility index (Phi) is 4.54. The van der Waals surface area contributed by atoms with Crippen LogP contribution in [0, 0.1) is 11.8 Å². The molecular formula is C19H27N3S. The number of hydrogen-bond acceptors (Lipinski definition) is 4. The summed E-state index contributed by atoms with van der Waals surface area (Å²) < 4.78 is 6.03. The molecule has 1 aliphatic carbocycles. The van der Waals surface area contributed by atoms with Gasteiger partial charge in [-0.1, -0.05) is 38.3 Å². The normalized spacial score (nSPS) is 26.7. The Morgan fingerprint density at radius 3 is 2.70 bits per heavy atom. The van der Waals surface area contributed by atoms with Gasteiger partial charge in [-0.05, 0) is 41.9 Å². The van der Waals surface area contributed by atoms with Crippen molar-refractivity contribution in [2.24, 2.45) is 11.8 Å². The van der Waals surface area contributed by atoms with Crippen LogP contribution in [0.15, 0.2) is 24.3 Å². The van der Waals surface area contributed by atoms with E-state index in [-0.39, 0.29) is 0 Å². The van der Waals surface area contributed by atoms with E-state index in [1.54, 1.807) is 11.5 Å². The van der Waals surface area contributed by atoms with Crippen molar-refractivity contribution in [3.05, 3.63) is 24.3 Å². The van der Waals surface area contributed by atoms with Crippen LogP contribution in [-0.4, -0.2) is 42.0 Å². The summed E-state index contributed by atoms with van der Waals surface area (Å²) in [7, 11) is 0. The van der Waals surface area contributed by atoms with Gasteiger partial charge in [-0.3, -0.25) is 4.90 Å². The van der Waals surface area contributed by atoms with Gasteiger partial charge < -0.3 is 4.90 Å². The van der Waals surface area contributed by atoms with Crippen LogP contribution in [-0.2, 0) is 0 Å². The number of benzene rings is 1. The van der Waals surface area contributed by atoms with Crippen LogP contribution in [0.3, 0.4) is 0 Å². The summed E-state index contributed by atoms with van der Waals surface area (Å²) in [4.78, 5) is 5.18. The molecule has 1 saturated heterocycles. The lowest BCUT2D eigenvalue weighted by Gasteiger charge is -2.39. The first-order valence-corrected chi connectivity index (χ1v) is 9.90. The van der Waals surface area contributed by atoms with Crippen LogP contribution in [0.25, 0.3) is 10.1 Å². The second-order valence-electron chi connectivity index (χ2n) is 7.31. The highest BCUT2D eigenvalue weighted by Crippen LogP contribution is 2.32. The minimum absolute atomic E-state index is 0.921. The van der Waals surface area contributed by atoms with E-state index in [1.165, 1.54) is 61.2 Å². The third-order valence-electron chi connectivity index (χ3n) is 5.81. The molecule has 2 aromatic rings. The van der Waals surface area contributed by atoms with Crippen molar-refractivity contribution in [1.82, 2.24) is 9.27 Å². The quantitative estimate of drug-likeness (QED) is 0.839. The van der Waals surface area contributed by atoms with E-state index in [4.69, 9.17) is 4.37 Å². The summed E-state index contributed by atoms with van der Waals surface area (Å²) in [6.07, 6.45) is 5.77. The van der Waals surface area contributed by atoms with E-state index >= 15 is 0 Å². The average molecular weight is 330 g/mol. The van der Waals surface area contributed by atoms with Gasteiger partial charge in [0.25, 0.3) is 0 Å². The first-order valence-electron chi connectivity index (χ1n) is 9.13. The van der Waals surface area contributed by atoms with E-state index in [9.17, 15) is 0 Å². The van der Waals surface area contributed by atoms with Gasteiger partial charge in [0.1, 0.15) is 5.82 Å². The summed E-state index contributed by atoms with van der Waals surface area (Å²) in [5.74, 6) is 3.05. The third-order valence-corrected chi connectivity index (χ3v) is 6.63. The van der Waals surface area contributed by atoms with Crippen LogP contribution in [0.2, 0.25) is 0 Å². The van der Waals surface area contributed by atoms with Crippen molar-refractivity contribution in [1.29, 1.82) is 0 Å². The number of fused-ring (bicyclic) bond motifs is 1. The highest BCUT2D eigenvalue weighted by molar-refractivity contribution is 7.13. The minimum Gasteiger partial charge on any atom is -0.353 e. The Labute approximate surface area is 143 Å². The average Bonchev–Trinajstić information content (AvgIpc) is 3.02. The first-order chi connectivity index (χ1) is 11.3. The Balaban J connectivity index is 1.37. The lowest BCUT2D eigenvalue weighted by molar-refractivity contribution is 0.154. The predicted octanol–water partition coefficient (Wildman–Crippen LogP) is 4.24. The van der Waals surface area contributed by atoms with Crippen LogP contribution in [0.5, 0.6) is 0 Å². The number of hydrogen-bond donors (Lipinski definition) is 0. The number of aromatic nitrogens is 1. The molecule has 0 N–H and O–H groups in total. The molecule has 2 atom stereocenters. The molecule has 0 spiro atoms. The predicted molar refractivity (Wildman–Crippen MR) is 99.4 cm³/mol.